The van der Waals surface area contributed by atoms with Crippen LogP contribution in [0.2, 0.25) is 5.02 Å². The van der Waals surface area contributed by atoms with Crippen LogP contribution < -0.4 is 21.2 Å². The van der Waals surface area contributed by atoms with Crippen molar-refractivity contribution in [2.75, 3.05) is 36.5 Å². The number of hydrogen-bond donors (Lipinski definition) is 3. The highest BCUT2D eigenvalue weighted by Gasteiger charge is 2.24. The van der Waals surface area contributed by atoms with Gasteiger partial charge in [0.25, 0.3) is 5.56 Å². The molecule has 160 valence electrons. The van der Waals surface area contributed by atoms with Gasteiger partial charge in [0.05, 0.1) is 27.4 Å². The maximum absolute atomic E-state index is 13.6. The summed E-state index contributed by atoms with van der Waals surface area (Å²) in [7, 11) is 0. The lowest BCUT2D eigenvalue weighted by molar-refractivity contribution is 0.461. The number of H-pyrrole nitrogens is 1. The maximum atomic E-state index is 13.6. The van der Waals surface area contributed by atoms with E-state index in [1.54, 1.807) is 16.8 Å². The van der Waals surface area contributed by atoms with Crippen molar-refractivity contribution in [3.8, 4) is 0 Å². The number of aromatic nitrogens is 5. The van der Waals surface area contributed by atoms with Gasteiger partial charge in [0.2, 0.25) is 0 Å². The molecule has 4 heterocycles. The van der Waals surface area contributed by atoms with Crippen molar-refractivity contribution >= 4 is 55.3 Å². The predicted molar refractivity (Wildman–Crippen MR) is 125 cm³/mol. The number of aromatic amines is 1. The molecule has 5 rings (SSSR count). The Labute approximate surface area is 190 Å². The molecule has 0 saturated carbocycles. The standard InChI is InChI=1S/C20H20BrClN8O/c1-11(27-18-15-12(21)9-24-17(15)25-10-26-18)19-28-14-4-2-3-13(22)16(14)20(31)30(19)29-7-5-23-6-8-29/h2-4,9-11,23H,5-8H2,1H3,(H2,24,25,26,27). The molecule has 9 nitrogen and oxygen atoms in total. The third-order valence-corrected chi connectivity index (χ3v) is 6.33. The van der Waals surface area contributed by atoms with Gasteiger partial charge in [-0.3, -0.25) is 4.79 Å². The zero-order valence-electron chi connectivity index (χ0n) is 16.7. The quantitative estimate of drug-likeness (QED) is 0.393. The minimum absolute atomic E-state index is 0.170. The van der Waals surface area contributed by atoms with Crippen molar-refractivity contribution in [3.05, 3.63) is 56.4 Å². The van der Waals surface area contributed by atoms with E-state index in [9.17, 15) is 4.79 Å². The minimum Gasteiger partial charge on any atom is -0.360 e. The molecule has 0 radical (unpaired) electrons. The number of anilines is 1. The van der Waals surface area contributed by atoms with E-state index >= 15 is 0 Å². The molecule has 0 spiro atoms. The first-order valence-electron chi connectivity index (χ1n) is 9.96. The van der Waals surface area contributed by atoms with Gasteiger partial charge >= 0.3 is 0 Å². The fourth-order valence-electron chi connectivity index (χ4n) is 3.91. The van der Waals surface area contributed by atoms with Crippen molar-refractivity contribution < 1.29 is 0 Å². The molecule has 31 heavy (non-hydrogen) atoms. The molecular formula is C20H20BrClN8O. The minimum atomic E-state index is -0.314. The van der Waals surface area contributed by atoms with Crippen LogP contribution in [0.4, 0.5) is 5.82 Å². The number of benzene rings is 1. The Morgan fingerprint density at radius 3 is 2.84 bits per heavy atom. The van der Waals surface area contributed by atoms with E-state index in [2.05, 4.69) is 41.5 Å². The van der Waals surface area contributed by atoms with Gasteiger partial charge in [-0.15, -0.1) is 0 Å². The molecule has 0 bridgehead atoms. The van der Waals surface area contributed by atoms with Gasteiger partial charge in [0, 0.05) is 36.8 Å². The molecule has 1 aliphatic heterocycles. The van der Waals surface area contributed by atoms with E-state index in [-0.39, 0.29) is 11.6 Å². The van der Waals surface area contributed by atoms with Gasteiger partial charge < -0.3 is 20.6 Å². The van der Waals surface area contributed by atoms with E-state index in [0.717, 1.165) is 22.9 Å². The maximum Gasteiger partial charge on any atom is 0.281 e. The fraction of sp³-hybridized carbons (Fsp3) is 0.300. The van der Waals surface area contributed by atoms with Crippen LogP contribution in [-0.2, 0) is 0 Å². The first-order valence-corrected chi connectivity index (χ1v) is 11.1. The van der Waals surface area contributed by atoms with Crippen LogP contribution in [0.15, 0.2) is 40.0 Å². The first-order chi connectivity index (χ1) is 15.0. The Kier molecular flexibility index (Phi) is 5.28. The molecule has 1 aromatic carbocycles. The predicted octanol–water partition coefficient (Wildman–Crippen LogP) is 2.80. The highest BCUT2D eigenvalue weighted by molar-refractivity contribution is 9.10. The summed E-state index contributed by atoms with van der Waals surface area (Å²) >= 11 is 9.92. The van der Waals surface area contributed by atoms with Crippen molar-refractivity contribution in [2.24, 2.45) is 0 Å². The lowest BCUT2D eigenvalue weighted by atomic mass is 10.2. The van der Waals surface area contributed by atoms with Crippen LogP contribution in [0.1, 0.15) is 18.8 Å². The molecule has 11 heteroatoms. The Bertz CT molecular complexity index is 1330. The fourth-order valence-corrected chi connectivity index (χ4v) is 4.65. The molecule has 1 aliphatic rings. The lowest BCUT2D eigenvalue weighted by Gasteiger charge is -2.33. The smallest absolute Gasteiger partial charge is 0.281 e. The number of fused-ring (bicyclic) bond motifs is 2. The van der Waals surface area contributed by atoms with Crippen LogP contribution in [0.3, 0.4) is 0 Å². The average Bonchev–Trinajstić information content (AvgIpc) is 3.16. The summed E-state index contributed by atoms with van der Waals surface area (Å²) in [5, 5.41) is 10.4. The summed E-state index contributed by atoms with van der Waals surface area (Å²) < 4.78 is 2.52. The summed E-state index contributed by atoms with van der Waals surface area (Å²) in [5.41, 5.74) is 1.12. The molecule has 1 saturated heterocycles. The highest BCUT2D eigenvalue weighted by Crippen LogP contribution is 2.30. The van der Waals surface area contributed by atoms with Crippen molar-refractivity contribution in [2.45, 2.75) is 13.0 Å². The summed E-state index contributed by atoms with van der Waals surface area (Å²) in [6.07, 6.45) is 3.32. The number of rotatable bonds is 4. The second kappa shape index (κ2) is 8.10. The number of nitrogens with zero attached hydrogens (tertiary/aromatic N) is 5. The second-order valence-electron chi connectivity index (χ2n) is 7.37. The Balaban J connectivity index is 1.65. The SMILES string of the molecule is CC(Nc1ncnc2[nH]cc(Br)c12)c1nc2cccc(Cl)c2c(=O)n1N1CCNCC1. The Morgan fingerprint density at radius 2 is 2.03 bits per heavy atom. The third kappa shape index (κ3) is 3.54. The van der Waals surface area contributed by atoms with E-state index in [1.165, 1.54) is 6.33 Å². The molecule has 0 amide bonds. The molecule has 4 aromatic rings. The molecule has 3 aromatic heterocycles. The van der Waals surface area contributed by atoms with Gasteiger partial charge in [-0.2, -0.15) is 0 Å². The Hall–Kier alpha value is -2.69. The van der Waals surface area contributed by atoms with Crippen LogP contribution >= 0.6 is 27.5 Å². The lowest BCUT2D eigenvalue weighted by Crippen LogP contribution is -2.54. The zero-order chi connectivity index (χ0) is 21.5. The van der Waals surface area contributed by atoms with Crippen molar-refractivity contribution in [3.63, 3.8) is 0 Å². The van der Waals surface area contributed by atoms with Gasteiger partial charge in [0.15, 0.2) is 5.82 Å². The normalized spacial score (nSPS) is 15.5. The van der Waals surface area contributed by atoms with E-state index in [4.69, 9.17) is 16.6 Å². The van der Waals surface area contributed by atoms with Crippen molar-refractivity contribution in [1.29, 1.82) is 0 Å². The molecular weight excluding hydrogens is 484 g/mol. The van der Waals surface area contributed by atoms with Crippen LogP contribution in [0, 0.1) is 0 Å². The molecule has 1 atom stereocenters. The van der Waals surface area contributed by atoms with Gasteiger partial charge in [-0.1, -0.05) is 17.7 Å². The summed E-state index contributed by atoms with van der Waals surface area (Å²) in [6, 6.07) is 5.02. The molecule has 1 unspecified atom stereocenters. The van der Waals surface area contributed by atoms with E-state index < -0.39 is 0 Å². The first kappa shape index (κ1) is 20.2. The summed E-state index contributed by atoms with van der Waals surface area (Å²) in [4.78, 5) is 30.2. The number of nitrogens with one attached hydrogen (secondary N) is 3. The number of piperazine rings is 1. The molecule has 1 fully saturated rings. The zero-order valence-corrected chi connectivity index (χ0v) is 19.0. The summed E-state index contributed by atoms with van der Waals surface area (Å²) in [5.74, 6) is 1.25. The van der Waals surface area contributed by atoms with Gasteiger partial charge in [-0.05, 0) is 35.0 Å². The number of halogens is 2. The molecule has 0 aliphatic carbocycles. The van der Waals surface area contributed by atoms with Crippen molar-refractivity contribution in [1.82, 2.24) is 29.9 Å². The van der Waals surface area contributed by atoms with Gasteiger partial charge in [-0.25, -0.2) is 19.6 Å². The van der Waals surface area contributed by atoms with Crippen LogP contribution in [-0.4, -0.2) is 50.8 Å². The van der Waals surface area contributed by atoms with E-state index in [1.807, 2.05) is 24.2 Å². The second-order valence-corrected chi connectivity index (χ2v) is 8.63. The molecule has 3 N–H and O–H groups in total. The Morgan fingerprint density at radius 1 is 1.23 bits per heavy atom. The average molecular weight is 504 g/mol. The monoisotopic (exact) mass is 502 g/mol. The van der Waals surface area contributed by atoms with Crippen LogP contribution in [0.25, 0.3) is 21.9 Å². The summed E-state index contributed by atoms with van der Waals surface area (Å²) in [6.45, 7) is 4.93. The van der Waals surface area contributed by atoms with Gasteiger partial charge in [0.1, 0.15) is 17.8 Å². The third-order valence-electron chi connectivity index (χ3n) is 5.39. The topological polar surface area (TPSA) is 104 Å². The van der Waals surface area contributed by atoms with Crippen LogP contribution in [0.5, 0.6) is 0 Å². The number of hydrogen-bond acceptors (Lipinski definition) is 7. The van der Waals surface area contributed by atoms with E-state index in [0.29, 0.717) is 46.3 Å². The highest BCUT2D eigenvalue weighted by atomic mass is 79.9. The largest absolute Gasteiger partial charge is 0.360 e.